The summed E-state index contributed by atoms with van der Waals surface area (Å²) in [5.74, 6) is -2.44. The lowest BCUT2D eigenvalue weighted by Gasteiger charge is -2.36. The van der Waals surface area contributed by atoms with E-state index in [1.807, 2.05) is 17.5 Å². The van der Waals surface area contributed by atoms with Gasteiger partial charge in [0.05, 0.1) is 37.2 Å². The van der Waals surface area contributed by atoms with E-state index in [2.05, 4.69) is 20.6 Å². The summed E-state index contributed by atoms with van der Waals surface area (Å²) in [4.78, 5) is 49.1. The third kappa shape index (κ3) is 6.20. The van der Waals surface area contributed by atoms with E-state index in [9.17, 15) is 14.4 Å². The summed E-state index contributed by atoms with van der Waals surface area (Å²) in [6, 6.07) is 2.12. The Balaban J connectivity index is 1.13. The molecule has 5 rings (SSSR count). The number of hydrogen-bond donors (Lipinski definition) is 3. The van der Waals surface area contributed by atoms with E-state index in [0.717, 1.165) is 34.1 Å². The molecule has 2 fully saturated rings. The second-order valence-electron chi connectivity index (χ2n) is 9.82. The highest BCUT2D eigenvalue weighted by Gasteiger charge is 2.34. The van der Waals surface area contributed by atoms with Crippen LogP contribution in [-0.2, 0) is 20.9 Å². The maximum atomic E-state index is 15.1. The van der Waals surface area contributed by atoms with Crippen molar-refractivity contribution >= 4 is 34.9 Å². The molecule has 1 atom stereocenters. The number of nitrogens with one attached hydrogen (secondary N) is 2. The number of carbonyl (C=O) groups is 3. The Kier molecular flexibility index (Phi) is 8.26. The number of anilines is 2. The summed E-state index contributed by atoms with van der Waals surface area (Å²) in [5.41, 5.74) is 2.22. The average molecular weight is 573 g/mol. The first-order chi connectivity index (χ1) is 19.7. The average Bonchev–Trinajstić information content (AvgIpc) is 3.55. The summed E-state index contributed by atoms with van der Waals surface area (Å²) in [6.45, 7) is 2.71. The van der Waals surface area contributed by atoms with Gasteiger partial charge in [0.1, 0.15) is 18.4 Å². The van der Waals surface area contributed by atoms with E-state index in [0.29, 0.717) is 19.6 Å². The number of cyclic esters (lactones) is 1. The van der Waals surface area contributed by atoms with Crippen molar-refractivity contribution in [2.24, 2.45) is 0 Å². The first-order valence-corrected chi connectivity index (χ1v) is 13.1. The number of fused-ring (bicyclic) bond motifs is 1. The number of aryl methyl sites for hydroxylation is 1. The second kappa shape index (κ2) is 12.0. The van der Waals surface area contributed by atoms with E-state index in [1.54, 1.807) is 17.3 Å². The Morgan fingerprint density at radius 3 is 2.56 bits per heavy atom. The third-order valence-electron chi connectivity index (χ3n) is 7.00. The Morgan fingerprint density at radius 2 is 1.88 bits per heavy atom. The Hall–Kier alpha value is -4.37. The molecule has 218 valence electrons. The minimum Gasteiger partial charge on any atom is -0.442 e. The molecule has 2 aliphatic heterocycles. The number of benzene rings is 1. The van der Waals surface area contributed by atoms with Gasteiger partial charge in [0.25, 0.3) is 0 Å². The van der Waals surface area contributed by atoms with Crippen LogP contribution in [0.3, 0.4) is 0 Å². The fourth-order valence-corrected chi connectivity index (χ4v) is 4.90. The molecule has 3 aromatic rings. The van der Waals surface area contributed by atoms with Gasteiger partial charge in [-0.05, 0) is 6.92 Å². The van der Waals surface area contributed by atoms with E-state index in [-0.39, 0.29) is 50.0 Å². The summed E-state index contributed by atoms with van der Waals surface area (Å²) in [5, 5.41) is 14.3. The quantitative estimate of drug-likeness (QED) is 0.327. The van der Waals surface area contributed by atoms with Crippen LogP contribution in [0.15, 0.2) is 30.7 Å². The minimum absolute atomic E-state index is 0.0124. The molecule has 15 heteroatoms. The van der Waals surface area contributed by atoms with Gasteiger partial charge in [-0.2, -0.15) is 0 Å². The van der Waals surface area contributed by atoms with Crippen molar-refractivity contribution in [3.63, 3.8) is 0 Å². The van der Waals surface area contributed by atoms with E-state index >= 15 is 8.78 Å². The smallest absolute Gasteiger partial charge is 0.414 e. The van der Waals surface area contributed by atoms with Crippen LogP contribution in [-0.4, -0.2) is 101 Å². The number of ether oxygens (including phenoxy) is 1. The highest BCUT2D eigenvalue weighted by Crippen LogP contribution is 2.31. The van der Waals surface area contributed by atoms with Crippen molar-refractivity contribution in [1.82, 2.24) is 29.9 Å². The topological polar surface area (TPSA) is 145 Å². The van der Waals surface area contributed by atoms with Gasteiger partial charge in [-0.15, -0.1) is 0 Å². The molecule has 2 saturated heterocycles. The summed E-state index contributed by atoms with van der Waals surface area (Å²) in [7, 11) is 0. The number of aliphatic hydroxyl groups is 1. The van der Waals surface area contributed by atoms with Gasteiger partial charge in [0, 0.05) is 62.9 Å². The summed E-state index contributed by atoms with van der Waals surface area (Å²) >= 11 is 0. The number of hydrogen-bond acceptors (Lipinski definition) is 9. The van der Waals surface area contributed by atoms with Crippen LogP contribution in [0.4, 0.5) is 25.0 Å². The zero-order valence-electron chi connectivity index (χ0n) is 22.3. The van der Waals surface area contributed by atoms with Crippen molar-refractivity contribution in [3.05, 3.63) is 53.7 Å². The highest BCUT2D eigenvalue weighted by atomic mass is 19.1. The number of carbonyl (C=O) groups excluding carboxylic acids is 3. The largest absolute Gasteiger partial charge is 0.442 e. The summed E-state index contributed by atoms with van der Waals surface area (Å²) in [6.07, 6.45) is 3.77. The molecule has 0 spiro atoms. The number of rotatable bonds is 9. The van der Waals surface area contributed by atoms with Crippen LogP contribution in [0, 0.1) is 18.6 Å². The van der Waals surface area contributed by atoms with Crippen LogP contribution < -0.4 is 20.4 Å². The predicted octanol–water partition coefficient (Wildman–Crippen LogP) is 0.188. The maximum absolute atomic E-state index is 15.1. The van der Waals surface area contributed by atoms with Crippen molar-refractivity contribution in [1.29, 1.82) is 0 Å². The Morgan fingerprint density at radius 1 is 1.15 bits per heavy atom. The fourth-order valence-electron chi connectivity index (χ4n) is 4.90. The van der Waals surface area contributed by atoms with Crippen molar-refractivity contribution < 1.29 is 33.0 Å². The molecule has 41 heavy (non-hydrogen) atoms. The van der Waals surface area contributed by atoms with Gasteiger partial charge in [-0.1, -0.05) is 0 Å². The molecule has 4 heterocycles. The number of piperazine rings is 1. The second-order valence-corrected chi connectivity index (χ2v) is 9.82. The molecular formula is C26H30F2N8O5. The molecule has 13 nitrogen and oxygen atoms in total. The normalized spacial score (nSPS) is 17.3. The molecule has 3 amide bonds. The molecule has 2 aliphatic rings. The standard InChI is InChI=1S/C26H30F2N8O5/c1-16-8-29-11-22-32-17(13-35(16)22)9-30-12-24(39)33-2-4-34(5-3-33)25-20(27)6-18(7-21(25)28)36-14-19(41-26(36)40)10-31-23(38)15-37/h6-8,11,13,19,30,37H,2-5,9-10,12,14-15H2,1H3,(H,31,38). The van der Waals surface area contributed by atoms with Crippen molar-refractivity contribution in [2.45, 2.75) is 19.6 Å². The van der Waals surface area contributed by atoms with Crippen LogP contribution in [0.1, 0.15) is 11.4 Å². The van der Waals surface area contributed by atoms with E-state index in [4.69, 9.17) is 9.84 Å². The lowest BCUT2D eigenvalue weighted by atomic mass is 10.2. The van der Waals surface area contributed by atoms with Crippen molar-refractivity contribution in [2.75, 3.05) is 62.2 Å². The molecular weight excluding hydrogens is 542 g/mol. The van der Waals surface area contributed by atoms with Gasteiger partial charge in [0.15, 0.2) is 17.3 Å². The predicted molar refractivity (Wildman–Crippen MR) is 142 cm³/mol. The molecule has 3 N–H and O–H groups in total. The lowest BCUT2D eigenvalue weighted by molar-refractivity contribution is -0.130. The number of aliphatic hydroxyl groups excluding tert-OH is 1. The van der Waals surface area contributed by atoms with Crippen LogP contribution in [0.2, 0.25) is 0 Å². The Labute approximate surface area is 233 Å². The van der Waals surface area contributed by atoms with E-state index in [1.165, 1.54) is 4.90 Å². The molecule has 0 bridgehead atoms. The van der Waals surface area contributed by atoms with Crippen LogP contribution >= 0.6 is 0 Å². The number of nitrogens with zero attached hydrogens (tertiary/aromatic N) is 6. The molecule has 0 saturated carbocycles. The maximum Gasteiger partial charge on any atom is 0.414 e. The zero-order valence-corrected chi connectivity index (χ0v) is 22.3. The highest BCUT2D eigenvalue weighted by molar-refractivity contribution is 5.90. The van der Waals surface area contributed by atoms with Gasteiger partial charge in [0.2, 0.25) is 11.8 Å². The summed E-state index contributed by atoms with van der Waals surface area (Å²) < 4.78 is 37.3. The SMILES string of the molecule is Cc1cncc2nc(CNCC(=O)N3CCN(c4c(F)cc(N5CC(CNC(=O)CO)OC5=O)cc4F)CC3)cn12. The number of amides is 3. The molecule has 1 unspecified atom stereocenters. The lowest BCUT2D eigenvalue weighted by Crippen LogP contribution is -2.51. The van der Waals surface area contributed by atoms with Gasteiger partial charge in [-0.3, -0.25) is 19.5 Å². The van der Waals surface area contributed by atoms with E-state index < -0.39 is 36.3 Å². The first kappa shape index (κ1) is 28.2. The molecule has 2 aromatic heterocycles. The van der Waals surface area contributed by atoms with Crippen LogP contribution in [0.5, 0.6) is 0 Å². The third-order valence-corrected chi connectivity index (χ3v) is 7.00. The van der Waals surface area contributed by atoms with Gasteiger partial charge < -0.3 is 34.7 Å². The van der Waals surface area contributed by atoms with Crippen molar-refractivity contribution in [3.8, 4) is 0 Å². The molecule has 0 radical (unpaired) electrons. The minimum atomic E-state index is -0.843. The molecule has 0 aliphatic carbocycles. The van der Waals surface area contributed by atoms with Crippen LogP contribution in [0.25, 0.3) is 5.65 Å². The first-order valence-electron chi connectivity index (χ1n) is 13.1. The number of halogens is 2. The van der Waals surface area contributed by atoms with Gasteiger partial charge in [-0.25, -0.2) is 18.6 Å². The molecule has 1 aromatic carbocycles. The number of imidazole rings is 1. The van der Waals surface area contributed by atoms with Gasteiger partial charge >= 0.3 is 6.09 Å². The number of aromatic nitrogens is 3. The monoisotopic (exact) mass is 572 g/mol. The zero-order chi connectivity index (χ0) is 29.1. The fraction of sp³-hybridized carbons (Fsp3) is 0.423. The Bertz CT molecular complexity index is 1440.